The number of nitrogens with zero attached hydrogens (tertiary/aromatic N) is 1. The lowest BCUT2D eigenvalue weighted by Gasteiger charge is -2.03. The summed E-state index contributed by atoms with van der Waals surface area (Å²) in [6.07, 6.45) is 3.61. The summed E-state index contributed by atoms with van der Waals surface area (Å²) >= 11 is 0. The van der Waals surface area contributed by atoms with Crippen molar-refractivity contribution in [2.24, 2.45) is 0 Å². The van der Waals surface area contributed by atoms with E-state index in [1.807, 2.05) is 12.1 Å². The zero-order chi connectivity index (χ0) is 10.5. The fourth-order valence-corrected chi connectivity index (χ4v) is 1.50. The predicted octanol–water partition coefficient (Wildman–Crippen LogP) is 2.90. The summed E-state index contributed by atoms with van der Waals surface area (Å²) in [5, 5.41) is 0. The van der Waals surface area contributed by atoms with E-state index in [-0.39, 0.29) is 0 Å². The molecule has 0 aliphatic carbocycles. The highest BCUT2D eigenvalue weighted by Gasteiger charge is 1.96. The Balaban J connectivity index is 2.24. The minimum absolute atomic E-state index is 0.663. The number of benzene rings is 1. The third-order valence-electron chi connectivity index (χ3n) is 2.28. The number of ether oxygens (including phenoxy) is 1. The number of aromatic nitrogens is 1. The van der Waals surface area contributed by atoms with E-state index in [1.165, 1.54) is 16.7 Å². The molecule has 0 unspecified atom stereocenters. The summed E-state index contributed by atoms with van der Waals surface area (Å²) in [6, 6.07) is 12.4. The van der Waals surface area contributed by atoms with Crippen molar-refractivity contribution < 1.29 is 4.74 Å². The van der Waals surface area contributed by atoms with Gasteiger partial charge in [0.2, 0.25) is 0 Å². The van der Waals surface area contributed by atoms with Crippen LogP contribution in [0.25, 0.3) is 11.1 Å². The van der Waals surface area contributed by atoms with Crippen molar-refractivity contribution in [2.45, 2.75) is 6.61 Å². The molecule has 2 aromatic rings. The molecule has 0 radical (unpaired) electrons. The molecule has 0 saturated heterocycles. The molecule has 0 fully saturated rings. The van der Waals surface area contributed by atoms with Crippen LogP contribution < -0.4 is 0 Å². The second kappa shape index (κ2) is 4.71. The highest BCUT2D eigenvalue weighted by Crippen LogP contribution is 2.18. The Morgan fingerprint density at radius 2 is 1.53 bits per heavy atom. The van der Waals surface area contributed by atoms with Crippen molar-refractivity contribution in [3.05, 3.63) is 54.4 Å². The fourth-order valence-electron chi connectivity index (χ4n) is 1.50. The van der Waals surface area contributed by atoms with Gasteiger partial charge in [-0.15, -0.1) is 0 Å². The molecular weight excluding hydrogens is 186 g/mol. The summed E-state index contributed by atoms with van der Waals surface area (Å²) in [5.41, 5.74) is 3.58. The van der Waals surface area contributed by atoms with Crippen molar-refractivity contribution in [3.8, 4) is 11.1 Å². The zero-order valence-corrected chi connectivity index (χ0v) is 8.68. The Bertz CT molecular complexity index is 408. The number of hydrogen-bond acceptors (Lipinski definition) is 2. The van der Waals surface area contributed by atoms with Gasteiger partial charge >= 0.3 is 0 Å². The van der Waals surface area contributed by atoms with Crippen LogP contribution in [-0.4, -0.2) is 12.1 Å². The first-order valence-corrected chi connectivity index (χ1v) is 4.88. The van der Waals surface area contributed by atoms with Crippen LogP contribution in [0.1, 0.15) is 5.56 Å². The van der Waals surface area contributed by atoms with Gasteiger partial charge in [0.25, 0.3) is 0 Å². The Morgan fingerprint density at radius 3 is 2.13 bits per heavy atom. The van der Waals surface area contributed by atoms with Crippen LogP contribution in [0.2, 0.25) is 0 Å². The fraction of sp³-hybridized carbons (Fsp3) is 0.154. The molecular formula is C13H13NO. The van der Waals surface area contributed by atoms with Gasteiger partial charge in [0, 0.05) is 19.5 Å². The highest BCUT2D eigenvalue weighted by molar-refractivity contribution is 5.62. The Labute approximate surface area is 89.6 Å². The molecule has 0 spiro atoms. The molecule has 0 aliphatic rings. The van der Waals surface area contributed by atoms with Gasteiger partial charge in [0.1, 0.15) is 0 Å². The van der Waals surface area contributed by atoms with Crippen molar-refractivity contribution in [1.82, 2.24) is 4.98 Å². The molecule has 2 rings (SSSR count). The quantitative estimate of drug-likeness (QED) is 0.758. The Hall–Kier alpha value is -1.67. The lowest BCUT2D eigenvalue weighted by atomic mass is 10.1. The van der Waals surface area contributed by atoms with Crippen LogP contribution in [0.15, 0.2) is 48.8 Å². The third kappa shape index (κ3) is 2.42. The van der Waals surface area contributed by atoms with E-state index < -0.39 is 0 Å². The second-order valence-electron chi connectivity index (χ2n) is 3.37. The molecule has 0 aliphatic heterocycles. The smallest absolute Gasteiger partial charge is 0.0713 e. The first-order chi connectivity index (χ1) is 7.40. The third-order valence-corrected chi connectivity index (χ3v) is 2.28. The molecule has 2 heteroatoms. The normalized spacial score (nSPS) is 10.2. The molecule has 2 nitrogen and oxygen atoms in total. The molecule has 1 aromatic heterocycles. The van der Waals surface area contributed by atoms with Gasteiger partial charge in [-0.25, -0.2) is 0 Å². The van der Waals surface area contributed by atoms with Gasteiger partial charge < -0.3 is 4.74 Å². The van der Waals surface area contributed by atoms with Crippen LogP contribution >= 0.6 is 0 Å². The molecule has 1 heterocycles. The van der Waals surface area contributed by atoms with E-state index in [9.17, 15) is 0 Å². The molecule has 76 valence electrons. The van der Waals surface area contributed by atoms with E-state index in [4.69, 9.17) is 4.74 Å². The van der Waals surface area contributed by atoms with Crippen molar-refractivity contribution in [1.29, 1.82) is 0 Å². The van der Waals surface area contributed by atoms with Gasteiger partial charge in [-0.3, -0.25) is 4.98 Å². The zero-order valence-electron chi connectivity index (χ0n) is 8.68. The molecule has 0 N–H and O–H groups in total. The summed E-state index contributed by atoms with van der Waals surface area (Å²) < 4.78 is 5.06. The molecule has 1 aromatic carbocycles. The van der Waals surface area contributed by atoms with E-state index in [2.05, 4.69) is 29.2 Å². The van der Waals surface area contributed by atoms with Gasteiger partial charge in [0.15, 0.2) is 0 Å². The maximum Gasteiger partial charge on any atom is 0.0713 e. The Morgan fingerprint density at radius 1 is 0.933 bits per heavy atom. The maximum atomic E-state index is 5.06. The molecule has 0 atom stereocenters. The molecule has 0 saturated carbocycles. The van der Waals surface area contributed by atoms with Gasteiger partial charge in [-0.05, 0) is 28.8 Å². The van der Waals surface area contributed by atoms with Crippen molar-refractivity contribution in [3.63, 3.8) is 0 Å². The largest absolute Gasteiger partial charge is 0.380 e. The van der Waals surface area contributed by atoms with Crippen LogP contribution in [0.3, 0.4) is 0 Å². The number of pyridine rings is 1. The van der Waals surface area contributed by atoms with Crippen molar-refractivity contribution >= 4 is 0 Å². The van der Waals surface area contributed by atoms with Crippen LogP contribution in [0.4, 0.5) is 0 Å². The monoisotopic (exact) mass is 199 g/mol. The summed E-state index contributed by atoms with van der Waals surface area (Å²) in [7, 11) is 1.71. The van der Waals surface area contributed by atoms with Gasteiger partial charge in [-0.1, -0.05) is 24.3 Å². The minimum Gasteiger partial charge on any atom is -0.380 e. The number of methoxy groups -OCH3 is 1. The van der Waals surface area contributed by atoms with E-state index >= 15 is 0 Å². The molecule has 0 bridgehead atoms. The van der Waals surface area contributed by atoms with Crippen LogP contribution in [-0.2, 0) is 11.3 Å². The predicted molar refractivity (Wildman–Crippen MR) is 60.4 cm³/mol. The minimum atomic E-state index is 0.663. The summed E-state index contributed by atoms with van der Waals surface area (Å²) in [4.78, 5) is 4.00. The van der Waals surface area contributed by atoms with Crippen LogP contribution in [0.5, 0.6) is 0 Å². The highest BCUT2D eigenvalue weighted by atomic mass is 16.5. The standard InChI is InChI=1S/C13H13NO/c1-15-10-11-2-4-12(5-3-11)13-6-8-14-9-7-13/h2-9H,10H2,1H3. The topological polar surface area (TPSA) is 22.1 Å². The van der Waals surface area contributed by atoms with Crippen LogP contribution in [0, 0.1) is 0 Å². The Kier molecular flexibility index (Phi) is 3.10. The SMILES string of the molecule is COCc1ccc(-c2ccncc2)cc1. The summed E-state index contributed by atoms with van der Waals surface area (Å²) in [5.74, 6) is 0. The average molecular weight is 199 g/mol. The number of hydrogen-bond donors (Lipinski definition) is 0. The number of rotatable bonds is 3. The molecule has 15 heavy (non-hydrogen) atoms. The lowest BCUT2D eigenvalue weighted by molar-refractivity contribution is 0.185. The first-order valence-electron chi connectivity index (χ1n) is 4.88. The van der Waals surface area contributed by atoms with E-state index in [0.717, 1.165) is 0 Å². The first kappa shape index (κ1) is 9.87. The van der Waals surface area contributed by atoms with Gasteiger partial charge in [-0.2, -0.15) is 0 Å². The second-order valence-corrected chi connectivity index (χ2v) is 3.37. The molecule has 0 amide bonds. The van der Waals surface area contributed by atoms with E-state index in [1.54, 1.807) is 19.5 Å². The lowest BCUT2D eigenvalue weighted by Crippen LogP contribution is -1.86. The summed E-state index contributed by atoms with van der Waals surface area (Å²) in [6.45, 7) is 0.663. The average Bonchev–Trinajstić information content (AvgIpc) is 2.32. The maximum absolute atomic E-state index is 5.06. The van der Waals surface area contributed by atoms with E-state index in [0.29, 0.717) is 6.61 Å². The van der Waals surface area contributed by atoms with Gasteiger partial charge in [0.05, 0.1) is 6.61 Å². The van der Waals surface area contributed by atoms with Crippen molar-refractivity contribution in [2.75, 3.05) is 7.11 Å².